The summed E-state index contributed by atoms with van der Waals surface area (Å²) in [6, 6.07) is 4.49. The van der Waals surface area contributed by atoms with Crippen LogP contribution < -0.4 is 10.1 Å². The number of nitrogens with one attached hydrogen (secondary N) is 1. The number of hydrogen-bond acceptors (Lipinski definition) is 2. The van der Waals surface area contributed by atoms with E-state index in [-0.39, 0.29) is 17.5 Å². The van der Waals surface area contributed by atoms with Gasteiger partial charge in [-0.05, 0) is 60.8 Å². The minimum atomic E-state index is -0.270. The SMILES string of the molecule is CC(C)C(CNC(C)(C)C)Oc1ccc(F)cc1Br. The van der Waals surface area contributed by atoms with E-state index in [0.29, 0.717) is 16.1 Å². The van der Waals surface area contributed by atoms with Gasteiger partial charge in [0, 0.05) is 12.1 Å². The molecular weight excluding hydrogens is 309 g/mol. The Labute approximate surface area is 123 Å². The maximum Gasteiger partial charge on any atom is 0.134 e. The Kier molecular flexibility index (Phi) is 5.81. The standard InChI is InChI=1S/C15H23BrFNO/c1-10(2)14(9-18-15(3,4)5)19-13-7-6-11(17)8-12(13)16/h6-8,10,14,18H,9H2,1-5H3. The highest BCUT2D eigenvalue weighted by atomic mass is 79.9. The van der Waals surface area contributed by atoms with Crippen LogP contribution >= 0.6 is 15.9 Å². The fourth-order valence-electron chi connectivity index (χ4n) is 1.55. The van der Waals surface area contributed by atoms with Gasteiger partial charge in [0.25, 0.3) is 0 Å². The number of ether oxygens (including phenoxy) is 1. The third-order valence-electron chi connectivity index (χ3n) is 2.75. The van der Waals surface area contributed by atoms with Crippen molar-refractivity contribution in [3.05, 3.63) is 28.5 Å². The predicted octanol–water partition coefficient (Wildman–Crippen LogP) is 4.38. The lowest BCUT2D eigenvalue weighted by Crippen LogP contribution is -2.44. The third kappa shape index (κ3) is 5.91. The van der Waals surface area contributed by atoms with Gasteiger partial charge in [0.1, 0.15) is 17.7 Å². The number of benzene rings is 1. The maximum absolute atomic E-state index is 13.0. The zero-order valence-electron chi connectivity index (χ0n) is 12.3. The fourth-order valence-corrected chi connectivity index (χ4v) is 2.00. The lowest BCUT2D eigenvalue weighted by Gasteiger charge is -2.28. The normalized spacial score (nSPS) is 13.7. The first-order valence-corrected chi connectivity index (χ1v) is 7.35. The van der Waals surface area contributed by atoms with E-state index in [2.05, 4.69) is 55.9 Å². The highest BCUT2D eigenvalue weighted by molar-refractivity contribution is 9.10. The molecular formula is C15H23BrFNO. The molecule has 1 aromatic rings. The molecule has 4 heteroatoms. The van der Waals surface area contributed by atoms with E-state index in [0.717, 1.165) is 6.54 Å². The summed E-state index contributed by atoms with van der Waals surface area (Å²) < 4.78 is 19.7. The molecule has 0 radical (unpaired) electrons. The van der Waals surface area contributed by atoms with Crippen molar-refractivity contribution in [3.63, 3.8) is 0 Å². The summed E-state index contributed by atoms with van der Waals surface area (Å²) in [5, 5.41) is 3.44. The second kappa shape index (κ2) is 6.71. The molecule has 0 saturated carbocycles. The van der Waals surface area contributed by atoms with Crippen molar-refractivity contribution in [3.8, 4) is 5.75 Å². The summed E-state index contributed by atoms with van der Waals surface area (Å²) in [7, 11) is 0. The third-order valence-corrected chi connectivity index (χ3v) is 3.37. The molecule has 1 unspecified atom stereocenters. The molecule has 2 nitrogen and oxygen atoms in total. The summed E-state index contributed by atoms with van der Waals surface area (Å²) in [5.41, 5.74) is 0.0521. The molecule has 1 aromatic carbocycles. The number of rotatable bonds is 5. The van der Waals surface area contributed by atoms with E-state index in [1.54, 1.807) is 6.07 Å². The van der Waals surface area contributed by atoms with Gasteiger partial charge in [-0.15, -0.1) is 0 Å². The molecule has 0 aromatic heterocycles. The topological polar surface area (TPSA) is 21.3 Å². The summed E-state index contributed by atoms with van der Waals surface area (Å²) in [5.74, 6) is 0.774. The molecule has 0 heterocycles. The molecule has 19 heavy (non-hydrogen) atoms. The minimum absolute atomic E-state index is 0.0426. The van der Waals surface area contributed by atoms with Crippen molar-refractivity contribution in [1.82, 2.24) is 5.32 Å². The Bertz CT molecular complexity index is 415. The van der Waals surface area contributed by atoms with Crippen molar-refractivity contribution in [2.45, 2.75) is 46.3 Å². The Morgan fingerprint density at radius 2 is 1.95 bits per heavy atom. The molecule has 0 fully saturated rings. The second-order valence-corrected chi connectivity index (χ2v) is 6.96. The lowest BCUT2D eigenvalue weighted by molar-refractivity contribution is 0.138. The predicted molar refractivity (Wildman–Crippen MR) is 81.1 cm³/mol. The Hall–Kier alpha value is -0.610. The van der Waals surface area contributed by atoms with Crippen LogP contribution in [0.15, 0.2) is 22.7 Å². The highest BCUT2D eigenvalue weighted by Crippen LogP contribution is 2.27. The molecule has 0 spiro atoms. The number of hydrogen-bond donors (Lipinski definition) is 1. The molecule has 0 aliphatic rings. The summed E-state index contributed by atoms with van der Waals surface area (Å²) in [6.45, 7) is 11.4. The van der Waals surface area contributed by atoms with Crippen LogP contribution in [-0.4, -0.2) is 18.2 Å². The van der Waals surface area contributed by atoms with Crippen molar-refractivity contribution >= 4 is 15.9 Å². The van der Waals surface area contributed by atoms with Crippen LogP contribution in [0.3, 0.4) is 0 Å². The van der Waals surface area contributed by atoms with E-state index in [1.165, 1.54) is 12.1 Å². The van der Waals surface area contributed by atoms with E-state index in [4.69, 9.17) is 4.74 Å². The molecule has 1 atom stereocenters. The summed E-state index contributed by atoms with van der Waals surface area (Å²) >= 11 is 3.33. The smallest absolute Gasteiger partial charge is 0.134 e. The zero-order chi connectivity index (χ0) is 14.6. The molecule has 0 bridgehead atoms. The molecule has 1 rings (SSSR count). The van der Waals surface area contributed by atoms with E-state index in [1.807, 2.05) is 0 Å². The fraction of sp³-hybridized carbons (Fsp3) is 0.600. The molecule has 108 valence electrons. The molecule has 0 saturated heterocycles. The average molecular weight is 332 g/mol. The lowest BCUT2D eigenvalue weighted by atomic mass is 10.0. The van der Waals surface area contributed by atoms with Crippen molar-refractivity contribution in [1.29, 1.82) is 0 Å². The maximum atomic E-state index is 13.0. The summed E-state index contributed by atoms with van der Waals surface area (Å²) in [4.78, 5) is 0. The van der Waals surface area contributed by atoms with Crippen LogP contribution in [0.1, 0.15) is 34.6 Å². The first-order valence-electron chi connectivity index (χ1n) is 6.56. The average Bonchev–Trinajstić information content (AvgIpc) is 2.24. The highest BCUT2D eigenvalue weighted by Gasteiger charge is 2.19. The van der Waals surface area contributed by atoms with E-state index in [9.17, 15) is 4.39 Å². The van der Waals surface area contributed by atoms with Crippen LogP contribution in [0.25, 0.3) is 0 Å². The number of halogens is 2. The first kappa shape index (κ1) is 16.4. The molecule has 0 amide bonds. The van der Waals surface area contributed by atoms with Crippen molar-refractivity contribution < 1.29 is 9.13 Å². The van der Waals surface area contributed by atoms with E-state index < -0.39 is 0 Å². The van der Waals surface area contributed by atoms with Gasteiger partial charge in [-0.3, -0.25) is 0 Å². The minimum Gasteiger partial charge on any atom is -0.488 e. The quantitative estimate of drug-likeness (QED) is 0.864. The van der Waals surface area contributed by atoms with Gasteiger partial charge >= 0.3 is 0 Å². The van der Waals surface area contributed by atoms with Crippen LogP contribution in [0.5, 0.6) is 5.75 Å². The van der Waals surface area contributed by atoms with Crippen LogP contribution in [-0.2, 0) is 0 Å². The molecule has 0 aliphatic heterocycles. The zero-order valence-corrected chi connectivity index (χ0v) is 13.8. The van der Waals surface area contributed by atoms with E-state index >= 15 is 0 Å². The Balaban J connectivity index is 2.73. The Morgan fingerprint density at radius 3 is 2.42 bits per heavy atom. The van der Waals surface area contributed by atoms with Crippen molar-refractivity contribution in [2.75, 3.05) is 6.54 Å². The van der Waals surface area contributed by atoms with Crippen LogP contribution in [0.2, 0.25) is 0 Å². The van der Waals surface area contributed by atoms with Crippen LogP contribution in [0.4, 0.5) is 4.39 Å². The van der Waals surface area contributed by atoms with Gasteiger partial charge < -0.3 is 10.1 Å². The second-order valence-electron chi connectivity index (χ2n) is 6.11. The van der Waals surface area contributed by atoms with Crippen LogP contribution in [0, 0.1) is 11.7 Å². The van der Waals surface area contributed by atoms with Gasteiger partial charge in [-0.2, -0.15) is 0 Å². The summed E-state index contributed by atoms with van der Waals surface area (Å²) in [6.07, 6.45) is 0.0426. The molecule has 1 N–H and O–H groups in total. The monoisotopic (exact) mass is 331 g/mol. The van der Waals surface area contributed by atoms with Gasteiger partial charge in [0.15, 0.2) is 0 Å². The van der Waals surface area contributed by atoms with Gasteiger partial charge in [-0.25, -0.2) is 4.39 Å². The first-order chi connectivity index (χ1) is 8.69. The van der Waals surface area contributed by atoms with Crippen molar-refractivity contribution in [2.24, 2.45) is 5.92 Å². The Morgan fingerprint density at radius 1 is 1.32 bits per heavy atom. The van der Waals surface area contributed by atoms with Gasteiger partial charge in [-0.1, -0.05) is 13.8 Å². The van der Waals surface area contributed by atoms with Gasteiger partial charge in [0.05, 0.1) is 4.47 Å². The molecule has 0 aliphatic carbocycles. The largest absolute Gasteiger partial charge is 0.488 e. The van der Waals surface area contributed by atoms with Gasteiger partial charge in [0.2, 0.25) is 0 Å².